The molecule has 0 amide bonds. The Kier molecular flexibility index (Phi) is 4.78. The molecule has 1 aliphatic heterocycles. The molecular weight excluding hydrogens is 308 g/mol. The van der Waals surface area contributed by atoms with Crippen molar-refractivity contribution < 1.29 is 8.42 Å². The number of hydrogen-bond donors (Lipinski definition) is 0. The predicted octanol–water partition coefficient (Wildman–Crippen LogP) is 2.81. The summed E-state index contributed by atoms with van der Waals surface area (Å²) in [7, 11) is -3.06. The number of hydrogen-bond acceptors (Lipinski definition) is 3. The number of aromatic nitrogens is 1. The molecule has 3 rings (SSSR count). The fourth-order valence-corrected chi connectivity index (χ4v) is 4.05. The molecular formula is C18H22N2O2S. The van der Waals surface area contributed by atoms with E-state index in [1.807, 2.05) is 24.4 Å². The molecule has 1 aromatic heterocycles. The summed E-state index contributed by atoms with van der Waals surface area (Å²) in [6, 6.07) is 14.6. The third-order valence-corrected chi connectivity index (χ3v) is 5.77. The van der Waals surface area contributed by atoms with E-state index in [9.17, 15) is 8.42 Å². The first kappa shape index (κ1) is 16.1. The summed E-state index contributed by atoms with van der Waals surface area (Å²) < 4.78 is 24.8. The molecule has 0 aliphatic carbocycles. The van der Waals surface area contributed by atoms with Gasteiger partial charge in [0.1, 0.15) is 0 Å². The van der Waals surface area contributed by atoms with Gasteiger partial charge in [0.2, 0.25) is 10.0 Å². The number of nitrogens with zero attached hydrogens (tertiary/aromatic N) is 2. The molecule has 0 radical (unpaired) electrons. The second-order valence-corrected chi connectivity index (χ2v) is 8.16. The van der Waals surface area contributed by atoms with Crippen LogP contribution in [0.25, 0.3) is 0 Å². The van der Waals surface area contributed by atoms with Crippen molar-refractivity contribution in [2.24, 2.45) is 0 Å². The van der Waals surface area contributed by atoms with E-state index in [-0.39, 0.29) is 0 Å². The van der Waals surface area contributed by atoms with Gasteiger partial charge in [0.25, 0.3) is 0 Å². The number of piperidine rings is 1. The number of benzene rings is 1. The van der Waals surface area contributed by atoms with Crippen LogP contribution in [0.5, 0.6) is 0 Å². The van der Waals surface area contributed by atoms with Gasteiger partial charge in [-0.1, -0.05) is 30.3 Å². The minimum absolute atomic E-state index is 0.422. The summed E-state index contributed by atoms with van der Waals surface area (Å²) in [5, 5.41) is 0. The summed E-state index contributed by atoms with van der Waals surface area (Å²) in [6.45, 7) is 1.22. The Morgan fingerprint density at radius 1 is 1.13 bits per heavy atom. The van der Waals surface area contributed by atoms with Gasteiger partial charge < -0.3 is 0 Å². The molecule has 1 aliphatic rings. The Morgan fingerprint density at radius 2 is 1.83 bits per heavy atom. The Labute approximate surface area is 138 Å². The van der Waals surface area contributed by atoms with Crippen molar-refractivity contribution in [2.45, 2.75) is 25.2 Å². The summed E-state index contributed by atoms with van der Waals surface area (Å²) >= 11 is 0. The molecule has 2 aromatic rings. The Hall–Kier alpha value is -1.72. The normalized spacial score (nSPS) is 17.3. The number of rotatable bonds is 4. The summed E-state index contributed by atoms with van der Waals surface area (Å²) in [5.41, 5.74) is 3.60. The van der Waals surface area contributed by atoms with E-state index in [4.69, 9.17) is 0 Å². The lowest BCUT2D eigenvalue weighted by Gasteiger charge is -2.30. The lowest BCUT2D eigenvalue weighted by molar-refractivity contribution is 0.321. The third-order valence-electron chi connectivity index (χ3n) is 4.46. The monoisotopic (exact) mass is 330 g/mol. The zero-order valence-electron chi connectivity index (χ0n) is 13.4. The molecule has 1 aromatic carbocycles. The molecule has 23 heavy (non-hydrogen) atoms. The van der Waals surface area contributed by atoms with E-state index in [2.05, 4.69) is 29.2 Å². The topological polar surface area (TPSA) is 50.3 Å². The van der Waals surface area contributed by atoms with Crippen molar-refractivity contribution in [2.75, 3.05) is 19.3 Å². The van der Waals surface area contributed by atoms with Gasteiger partial charge in [-0.25, -0.2) is 12.7 Å². The first-order chi connectivity index (χ1) is 11.0. The summed E-state index contributed by atoms with van der Waals surface area (Å²) in [6.07, 6.45) is 5.74. The van der Waals surface area contributed by atoms with Crippen LogP contribution in [0.15, 0.2) is 48.7 Å². The first-order valence-corrected chi connectivity index (χ1v) is 9.81. The van der Waals surface area contributed by atoms with Crippen LogP contribution in [0, 0.1) is 0 Å². The molecule has 1 saturated heterocycles. The minimum Gasteiger partial charge on any atom is -0.261 e. The van der Waals surface area contributed by atoms with Crippen molar-refractivity contribution in [3.63, 3.8) is 0 Å². The molecule has 1 fully saturated rings. The zero-order chi connectivity index (χ0) is 16.3. The molecule has 0 bridgehead atoms. The first-order valence-electron chi connectivity index (χ1n) is 7.96. The van der Waals surface area contributed by atoms with E-state index in [0.717, 1.165) is 25.0 Å². The average molecular weight is 330 g/mol. The van der Waals surface area contributed by atoms with Crippen LogP contribution in [-0.2, 0) is 16.4 Å². The fourth-order valence-electron chi connectivity index (χ4n) is 3.17. The smallest absolute Gasteiger partial charge is 0.211 e. The van der Waals surface area contributed by atoms with E-state index >= 15 is 0 Å². The lowest BCUT2D eigenvalue weighted by atomic mass is 9.90. The van der Waals surface area contributed by atoms with Crippen LogP contribution in [0.4, 0.5) is 0 Å². The molecule has 0 N–H and O–H groups in total. The third kappa shape index (κ3) is 4.18. The van der Waals surface area contributed by atoms with Crippen molar-refractivity contribution in [3.05, 3.63) is 65.5 Å². The maximum atomic E-state index is 11.6. The van der Waals surface area contributed by atoms with Crippen LogP contribution < -0.4 is 0 Å². The quantitative estimate of drug-likeness (QED) is 0.866. The molecule has 2 heterocycles. The highest BCUT2D eigenvalue weighted by Crippen LogP contribution is 2.29. The molecule has 0 spiro atoms. The van der Waals surface area contributed by atoms with Gasteiger partial charge >= 0.3 is 0 Å². The second kappa shape index (κ2) is 6.81. The predicted molar refractivity (Wildman–Crippen MR) is 91.9 cm³/mol. The highest BCUT2D eigenvalue weighted by molar-refractivity contribution is 7.88. The van der Waals surface area contributed by atoms with Crippen molar-refractivity contribution in [3.8, 4) is 0 Å². The molecule has 122 valence electrons. The molecule has 4 nitrogen and oxygen atoms in total. The maximum Gasteiger partial charge on any atom is 0.211 e. The molecule has 0 atom stereocenters. The number of sulfonamides is 1. The summed E-state index contributed by atoms with van der Waals surface area (Å²) in [5.74, 6) is 0.422. The maximum absolute atomic E-state index is 11.6. The standard InChI is InChI=1S/C18H22N2O2S/c1-23(21,22)20-11-8-16(9-12-20)17-7-10-19-18(14-17)13-15-5-3-2-4-6-15/h2-7,10,14,16H,8-9,11-13H2,1H3. The molecule has 0 unspecified atom stereocenters. The highest BCUT2D eigenvalue weighted by atomic mass is 32.2. The highest BCUT2D eigenvalue weighted by Gasteiger charge is 2.25. The molecule has 5 heteroatoms. The van der Waals surface area contributed by atoms with Gasteiger partial charge in [-0.3, -0.25) is 4.98 Å². The van der Waals surface area contributed by atoms with E-state index in [1.165, 1.54) is 17.4 Å². The van der Waals surface area contributed by atoms with Gasteiger partial charge in [0.15, 0.2) is 0 Å². The minimum atomic E-state index is -3.06. The van der Waals surface area contributed by atoms with Crippen LogP contribution in [-0.4, -0.2) is 37.1 Å². The second-order valence-electron chi connectivity index (χ2n) is 6.18. The van der Waals surface area contributed by atoms with Crippen LogP contribution in [0.2, 0.25) is 0 Å². The van der Waals surface area contributed by atoms with Crippen molar-refractivity contribution in [1.29, 1.82) is 0 Å². The Morgan fingerprint density at radius 3 is 2.48 bits per heavy atom. The average Bonchev–Trinajstić information content (AvgIpc) is 2.55. The fraction of sp³-hybridized carbons (Fsp3) is 0.389. The van der Waals surface area contributed by atoms with Gasteiger partial charge in [-0.2, -0.15) is 0 Å². The van der Waals surface area contributed by atoms with Crippen LogP contribution >= 0.6 is 0 Å². The zero-order valence-corrected chi connectivity index (χ0v) is 14.2. The van der Waals surface area contributed by atoms with Crippen molar-refractivity contribution >= 4 is 10.0 Å². The largest absolute Gasteiger partial charge is 0.261 e. The van der Waals surface area contributed by atoms with Crippen LogP contribution in [0.3, 0.4) is 0 Å². The molecule has 0 saturated carbocycles. The van der Waals surface area contributed by atoms with Gasteiger partial charge in [-0.15, -0.1) is 0 Å². The van der Waals surface area contributed by atoms with E-state index < -0.39 is 10.0 Å². The van der Waals surface area contributed by atoms with E-state index in [1.54, 1.807) is 4.31 Å². The van der Waals surface area contributed by atoms with Crippen LogP contribution in [0.1, 0.15) is 35.6 Å². The summed E-state index contributed by atoms with van der Waals surface area (Å²) in [4.78, 5) is 4.48. The van der Waals surface area contributed by atoms with Gasteiger partial charge in [0, 0.05) is 31.4 Å². The Bertz CT molecular complexity index is 752. The SMILES string of the molecule is CS(=O)(=O)N1CCC(c2ccnc(Cc3ccccc3)c2)CC1. The van der Waals surface area contributed by atoms with Crippen molar-refractivity contribution in [1.82, 2.24) is 9.29 Å². The number of pyridine rings is 1. The lowest BCUT2D eigenvalue weighted by Crippen LogP contribution is -2.37. The van der Waals surface area contributed by atoms with E-state index in [0.29, 0.717) is 19.0 Å². The van der Waals surface area contributed by atoms with Gasteiger partial charge in [-0.05, 0) is 42.0 Å². The Balaban J connectivity index is 1.69. The van der Waals surface area contributed by atoms with Gasteiger partial charge in [0.05, 0.1) is 6.26 Å².